The fraction of sp³-hybridized carbons (Fsp3) is 0.538. The molecule has 18 heavy (non-hydrogen) atoms. The van der Waals surface area contributed by atoms with Crippen LogP contribution < -0.4 is 0 Å². The number of halogens is 1. The molecular weight excluding hydrogens is 312 g/mol. The molecule has 1 heterocycles. The van der Waals surface area contributed by atoms with Crippen LogP contribution in [-0.4, -0.2) is 20.5 Å². The Balaban J connectivity index is 2.29. The predicted octanol–water partition coefficient (Wildman–Crippen LogP) is 3.70. The third kappa shape index (κ3) is 5.98. The first-order chi connectivity index (χ1) is 8.39. The number of rotatable bonds is 5. The van der Waals surface area contributed by atoms with Gasteiger partial charge in [-0.05, 0) is 73.7 Å². The first kappa shape index (κ1) is 15.7. The van der Waals surface area contributed by atoms with Gasteiger partial charge < -0.3 is 4.55 Å². The van der Waals surface area contributed by atoms with Crippen LogP contribution in [0.5, 0.6) is 0 Å². The van der Waals surface area contributed by atoms with Gasteiger partial charge in [-0.3, -0.25) is 0 Å². The highest BCUT2D eigenvalue weighted by atomic mass is 79.9. The summed E-state index contributed by atoms with van der Waals surface area (Å²) in [5.41, 5.74) is 1.25. The average Bonchev–Trinajstić information content (AvgIpc) is 2.27. The molecule has 0 aliphatic carbocycles. The molecule has 0 bridgehead atoms. The second-order valence-electron chi connectivity index (χ2n) is 5.03. The van der Waals surface area contributed by atoms with Gasteiger partial charge in [0.05, 0.1) is 6.21 Å². The Labute approximate surface area is 121 Å². The molecule has 0 N–H and O–H groups in total. The molecule has 0 aliphatic heterocycles. The van der Waals surface area contributed by atoms with Crippen LogP contribution in [0.25, 0.3) is 0 Å². The summed E-state index contributed by atoms with van der Waals surface area (Å²) in [7, 11) is 0. The van der Waals surface area contributed by atoms with Gasteiger partial charge in [0.2, 0.25) is 0 Å². The molecule has 0 saturated carbocycles. The maximum absolute atomic E-state index is 11.6. The molecule has 1 aromatic heterocycles. The minimum Gasteiger partial charge on any atom is -0.591 e. The van der Waals surface area contributed by atoms with Crippen LogP contribution in [0.3, 0.4) is 0 Å². The van der Waals surface area contributed by atoms with E-state index in [1.54, 1.807) is 12.4 Å². The van der Waals surface area contributed by atoms with E-state index in [2.05, 4.69) is 25.3 Å². The summed E-state index contributed by atoms with van der Waals surface area (Å²) in [5, 5.41) is 0. The van der Waals surface area contributed by atoms with Crippen LogP contribution in [-0.2, 0) is 17.8 Å². The van der Waals surface area contributed by atoms with Crippen LogP contribution in [0.4, 0.5) is 0 Å². The SMILES string of the molecule is CC(C)(C)[S+]([O-])N=CCCCc1ccnc(Br)c1. The smallest absolute Gasteiger partial charge is 0.144 e. The summed E-state index contributed by atoms with van der Waals surface area (Å²) < 4.78 is 16.3. The van der Waals surface area contributed by atoms with E-state index < -0.39 is 11.4 Å². The maximum Gasteiger partial charge on any atom is 0.144 e. The van der Waals surface area contributed by atoms with Crippen LogP contribution in [0, 0.1) is 0 Å². The number of hydrogen-bond acceptors (Lipinski definition) is 3. The third-order valence-corrected chi connectivity index (χ3v) is 4.11. The van der Waals surface area contributed by atoms with E-state index in [0.717, 1.165) is 23.9 Å². The number of nitrogens with zero attached hydrogens (tertiary/aromatic N) is 2. The lowest BCUT2D eigenvalue weighted by Crippen LogP contribution is -2.25. The monoisotopic (exact) mass is 330 g/mol. The van der Waals surface area contributed by atoms with Crippen molar-refractivity contribution in [3.05, 3.63) is 28.5 Å². The molecule has 0 amide bonds. The molecule has 0 radical (unpaired) electrons. The van der Waals surface area contributed by atoms with Gasteiger partial charge in [0.25, 0.3) is 0 Å². The Morgan fingerprint density at radius 1 is 1.50 bits per heavy atom. The van der Waals surface area contributed by atoms with E-state index in [0.29, 0.717) is 0 Å². The average molecular weight is 331 g/mol. The van der Waals surface area contributed by atoms with E-state index in [-0.39, 0.29) is 4.75 Å². The Hall–Kier alpha value is -0.390. The topological polar surface area (TPSA) is 48.3 Å². The maximum atomic E-state index is 11.6. The van der Waals surface area contributed by atoms with Crippen molar-refractivity contribution in [3.8, 4) is 0 Å². The first-order valence-corrected chi connectivity index (χ1v) is 7.84. The van der Waals surface area contributed by atoms with E-state index in [4.69, 9.17) is 0 Å². The summed E-state index contributed by atoms with van der Waals surface area (Å²) in [5.74, 6) is 0. The zero-order valence-electron chi connectivity index (χ0n) is 11.0. The Morgan fingerprint density at radius 3 is 2.83 bits per heavy atom. The van der Waals surface area contributed by atoms with E-state index in [1.807, 2.05) is 32.9 Å². The predicted molar refractivity (Wildman–Crippen MR) is 81.3 cm³/mol. The van der Waals surface area contributed by atoms with Crippen LogP contribution in [0.1, 0.15) is 39.2 Å². The minimum absolute atomic E-state index is 0.271. The van der Waals surface area contributed by atoms with Crippen molar-refractivity contribution in [1.82, 2.24) is 4.98 Å². The van der Waals surface area contributed by atoms with Gasteiger partial charge in [0.1, 0.15) is 20.7 Å². The third-order valence-electron chi connectivity index (χ3n) is 2.28. The fourth-order valence-electron chi connectivity index (χ4n) is 1.27. The van der Waals surface area contributed by atoms with Gasteiger partial charge >= 0.3 is 0 Å². The number of hydrogen-bond donors (Lipinski definition) is 0. The molecule has 0 fully saturated rings. The van der Waals surface area contributed by atoms with Crippen LogP contribution in [0.2, 0.25) is 0 Å². The summed E-state index contributed by atoms with van der Waals surface area (Å²) in [4.78, 5) is 4.08. The van der Waals surface area contributed by atoms with Crippen molar-refractivity contribution in [3.63, 3.8) is 0 Å². The minimum atomic E-state index is -1.14. The molecule has 3 nitrogen and oxygen atoms in total. The molecular formula is C13H19BrN2OS. The zero-order valence-corrected chi connectivity index (χ0v) is 13.4. The molecule has 1 rings (SSSR count). The van der Waals surface area contributed by atoms with Crippen molar-refractivity contribution in [1.29, 1.82) is 0 Å². The number of unbranched alkanes of at least 4 members (excludes halogenated alkanes) is 1. The summed E-state index contributed by atoms with van der Waals surface area (Å²) in [6, 6.07) is 4.03. The van der Waals surface area contributed by atoms with Gasteiger partial charge in [0, 0.05) is 6.20 Å². The molecule has 100 valence electrons. The summed E-state index contributed by atoms with van der Waals surface area (Å²) in [6.07, 6.45) is 6.40. The first-order valence-electron chi connectivity index (χ1n) is 5.94. The molecule has 0 aromatic carbocycles. The Kier molecular flexibility index (Phi) is 6.32. The highest BCUT2D eigenvalue weighted by molar-refractivity contribution is 9.10. The van der Waals surface area contributed by atoms with Crippen LogP contribution >= 0.6 is 15.9 Å². The van der Waals surface area contributed by atoms with Crippen LogP contribution in [0.15, 0.2) is 27.3 Å². The van der Waals surface area contributed by atoms with Gasteiger partial charge in [-0.2, -0.15) is 0 Å². The zero-order chi connectivity index (χ0) is 13.6. The quantitative estimate of drug-likeness (QED) is 0.357. The second kappa shape index (κ2) is 7.26. The molecule has 0 aliphatic rings. The number of pyridine rings is 1. The number of aryl methyl sites for hydroxylation is 1. The molecule has 1 atom stereocenters. The standard InChI is InChI=1S/C13H19BrN2OS/c1-13(2,3)18(17)16-8-5-4-6-11-7-9-15-12(14)10-11/h7-10H,4-6H2,1-3H3. The normalized spacial score (nSPS) is 14.1. The Bertz CT molecular complexity index is 404. The summed E-state index contributed by atoms with van der Waals surface area (Å²) in [6.45, 7) is 5.78. The van der Waals surface area contributed by atoms with Crippen molar-refractivity contribution < 1.29 is 4.55 Å². The molecule has 0 spiro atoms. The lowest BCUT2D eigenvalue weighted by molar-refractivity contribution is 0.561. The lowest BCUT2D eigenvalue weighted by Gasteiger charge is -2.17. The lowest BCUT2D eigenvalue weighted by atomic mass is 10.1. The second-order valence-corrected chi connectivity index (χ2v) is 7.77. The van der Waals surface area contributed by atoms with Crippen molar-refractivity contribution in [2.75, 3.05) is 0 Å². The molecule has 1 aromatic rings. The highest BCUT2D eigenvalue weighted by Crippen LogP contribution is 2.16. The molecule has 0 saturated heterocycles. The van der Waals surface area contributed by atoms with Crippen molar-refractivity contribution in [2.24, 2.45) is 4.40 Å². The van der Waals surface area contributed by atoms with E-state index in [9.17, 15) is 4.55 Å². The summed E-state index contributed by atoms with van der Waals surface area (Å²) >= 11 is 2.21. The van der Waals surface area contributed by atoms with Crippen molar-refractivity contribution >= 4 is 33.5 Å². The largest absolute Gasteiger partial charge is 0.591 e. The van der Waals surface area contributed by atoms with Crippen molar-refractivity contribution in [2.45, 2.75) is 44.8 Å². The van der Waals surface area contributed by atoms with Gasteiger partial charge in [-0.25, -0.2) is 4.98 Å². The van der Waals surface area contributed by atoms with Gasteiger partial charge in [-0.15, -0.1) is 0 Å². The van der Waals surface area contributed by atoms with Gasteiger partial charge in [0.15, 0.2) is 0 Å². The van der Waals surface area contributed by atoms with E-state index in [1.165, 1.54) is 5.56 Å². The number of aromatic nitrogens is 1. The highest BCUT2D eigenvalue weighted by Gasteiger charge is 2.25. The molecule has 5 heteroatoms. The van der Waals surface area contributed by atoms with Gasteiger partial charge in [-0.1, -0.05) is 4.40 Å². The fourth-order valence-corrected chi connectivity index (χ4v) is 2.24. The Morgan fingerprint density at radius 2 is 2.22 bits per heavy atom. The van der Waals surface area contributed by atoms with E-state index >= 15 is 0 Å². The molecule has 1 unspecified atom stereocenters.